The van der Waals surface area contributed by atoms with Crippen LogP contribution in [-0.2, 0) is 9.59 Å². The minimum atomic E-state index is -1.12. The molecular formula is C11H19N3O5. The first-order chi connectivity index (χ1) is 8.91. The second-order valence-electron chi connectivity index (χ2n) is 4.55. The molecule has 0 saturated carbocycles. The molecule has 0 spiro atoms. The number of β-amino-alcohol motifs (C(OH)–C–C–N with tert-alkyl or cyclic N) is 1. The van der Waals surface area contributed by atoms with Crippen LogP contribution < -0.4 is 11.1 Å². The molecule has 19 heavy (non-hydrogen) atoms. The number of carbonyl (C=O) groups is 3. The van der Waals surface area contributed by atoms with Gasteiger partial charge in [-0.3, -0.25) is 4.79 Å². The Morgan fingerprint density at radius 1 is 1.32 bits per heavy atom. The number of urea groups is 1. The summed E-state index contributed by atoms with van der Waals surface area (Å²) in [6, 6.07) is -1.50. The van der Waals surface area contributed by atoms with Crippen molar-refractivity contribution in [2.75, 3.05) is 13.1 Å². The molecule has 0 radical (unpaired) electrons. The molecule has 2 atom stereocenters. The Labute approximate surface area is 110 Å². The van der Waals surface area contributed by atoms with E-state index in [-0.39, 0.29) is 25.3 Å². The highest BCUT2D eigenvalue weighted by Crippen LogP contribution is 2.18. The summed E-state index contributed by atoms with van der Waals surface area (Å²) in [5, 5.41) is 20.9. The minimum absolute atomic E-state index is 0.0179. The van der Waals surface area contributed by atoms with E-state index in [4.69, 9.17) is 10.8 Å². The normalized spacial score (nSPS) is 22.3. The predicted molar refractivity (Wildman–Crippen MR) is 65.2 cm³/mol. The van der Waals surface area contributed by atoms with E-state index in [1.807, 2.05) is 0 Å². The number of aliphatic hydroxyl groups excluding tert-OH is 1. The Bertz CT molecular complexity index is 360. The predicted octanol–water partition coefficient (Wildman–Crippen LogP) is -1.13. The van der Waals surface area contributed by atoms with Gasteiger partial charge < -0.3 is 26.2 Å². The van der Waals surface area contributed by atoms with Gasteiger partial charge in [0.25, 0.3) is 0 Å². The molecule has 8 nitrogen and oxygen atoms in total. The third-order valence-corrected chi connectivity index (χ3v) is 2.95. The van der Waals surface area contributed by atoms with Crippen molar-refractivity contribution in [1.29, 1.82) is 0 Å². The summed E-state index contributed by atoms with van der Waals surface area (Å²) >= 11 is 0. The third kappa shape index (κ3) is 4.74. The SMILES string of the molecule is NC(=O)CCCCNC(=O)N1CC(O)C[C@H]1C(=O)O. The van der Waals surface area contributed by atoms with Crippen LogP contribution in [0.3, 0.4) is 0 Å². The monoisotopic (exact) mass is 273 g/mol. The number of aliphatic hydroxyl groups is 1. The topological polar surface area (TPSA) is 133 Å². The fourth-order valence-electron chi connectivity index (χ4n) is 1.99. The standard InChI is InChI=1S/C11H19N3O5/c12-9(16)3-1-2-4-13-11(19)14-6-7(15)5-8(14)10(17)18/h7-8,15H,1-6H2,(H2,12,16)(H,13,19)(H,17,18)/t7?,8-/m0/s1. The number of nitrogens with two attached hydrogens (primary N) is 1. The number of rotatable bonds is 6. The maximum Gasteiger partial charge on any atom is 0.326 e. The second-order valence-corrected chi connectivity index (χ2v) is 4.55. The zero-order chi connectivity index (χ0) is 14.4. The van der Waals surface area contributed by atoms with Gasteiger partial charge in [0.1, 0.15) is 6.04 Å². The summed E-state index contributed by atoms with van der Waals surface area (Å²) in [6.07, 6.45) is 0.658. The van der Waals surface area contributed by atoms with Gasteiger partial charge in [-0.2, -0.15) is 0 Å². The van der Waals surface area contributed by atoms with E-state index in [2.05, 4.69) is 5.32 Å². The van der Waals surface area contributed by atoms with Crippen LogP contribution in [0.15, 0.2) is 0 Å². The highest BCUT2D eigenvalue weighted by atomic mass is 16.4. The lowest BCUT2D eigenvalue weighted by Crippen LogP contribution is -2.46. The number of likely N-dealkylation sites (tertiary alicyclic amines) is 1. The van der Waals surface area contributed by atoms with E-state index in [1.165, 1.54) is 0 Å². The Hall–Kier alpha value is -1.83. The number of primary amides is 1. The highest BCUT2D eigenvalue weighted by molar-refractivity contribution is 5.83. The lowest BCUT2D eigenvalue weighted by molar-refractivity contribution is -0.141. The van der Waals surface area contributed by atoms with Crippen LogP contribution >= 0.6 is 0 Å². The molecule has 5 N–H and O–H groups in total. The molecule has 0 aromatic rings. The number of nitrogens with one attached hydrogen (secondary N) is 1. The summed E-state index contributed by atoms with van der Waals surface area (Å²) in [7, 11) is 0. The molecule has 1 aliphatic heterocycles. The Morgan fingerprint density at radius 3 is 2.58 bits per heavy atom. The molecule has 0 aromatic heterocycles. The van der Waals surface area contributed by atoms with Gasteiger partial charge in [0, 0.05) is 25.9 Å². The van der Waals surface area contributed by atoms with Gasteiger partial charge >= 0.3 is 12.0 Å². The maximum absolute atomic E-state index is 11.8. The van der Waals surface area contributed by atoms with Crippen molar-refractivity contribution in [3.63, 3.8) is 0 Å². The average Bonchev–Trinajstić information content (AvgIpc) is 2.70. The van der Waals surface area contributed by atoms with Crippen molar-refractivity contribution in [3.8, 4) is 0 Å². The molecule has 1 fully saturated rings. The zero-order valence-corrected chi connectivity index (χ0v) is 10.5. The Balaban J connectivity index is 2.32. The van der Waals surface area contributed by atoms with E-state index in [0.717, 1.165) is 4.90 Å². The maximum atomic E-state index is 11.8. The number of hydrogen-bond donors (Lipinski definition) is 4. The van der Waals surface area contributed by atoms with E-state index < -0.39 is 24.1 Å². The molecule has 0 bridgehead atoms. The van der Waals surface area contributed by atoms with Crippen LogP contribution in [0.1, 0.15) is 25.7 Å². The molecule has 1 unspecified atom stereocenters. The van der Waals surface area contributed by atoms with E-state index in [9.17, 15) is 19.5 Å². The quantitative estimate of drug-likeness (QED) is 0.454. The summed E-state index contributed by atoms with van der Waals surface area (Å²) in [4.78, 5) is 34.3. The molecule has 0 aromatic carbocycles. The van der Waals surface area contributed by atoms with Gasteiger partial charge in [0.2, 0.25) is 5.91 Å². The average molecular weight is 273 g/mol. The summed E-state index contributed by atoms with van der Waals surface area (Å²) < 4.78 is 0. The number of unbranched alkanes of at least 4 members (excludes halogenated alkanes) is 1. The van der Waals surface area contributed by atoms with Gasteiger partial charge in [0.05, 0.1) is 6.10 Å². The lowest BCUT2D eigenvalue weighted by Gasteiger charge is -2.21. The van der Waals surface area contributed by atoms with Gasteiger partial charge in [-0.05, 0) is 12.8 Å². The van der Waals surface area contributed by atoms with Gasteiger partial charge in [0.15, 0.2) is 0 Å². The molecule has 3 amide bonds. The number of carboxylic acid groups (broad SMARTS) is 1. The van der Waals surface area contributed by atoms with Crippen LogP contribution in [0.2, 0.25) is 0 Å². The summed E-state index contributed by atoms with van der Waals surface area (Å²) in [5.41, 5.74) is 4.97. The van der Waals surface area contributed by atoms with Crippen molar-refractivity contribution in [2.45, 2.75) is 37.8 Å². The Morgan fingerprint density at radius 2 is 2.00 bits per heavy atom. The fraction of sp³-hybridized carbons (Fsp3) is 0.727. The fourth-order valence-corrected chi connectivity index (χ4v) is 1.99. The largest absolute Gasteiger partial charge is 0.480 e. The first kappa shape index (κ1) is 15.2. The van der Waals surface area contributed by atoms with Crippen LogP contribution in [0, 0.1) is 0 Å². The smallest absolute Gasteiger partial charge is 0.326 e. The molecule has 108 valence electrons. The third-order valence-electron chi connectivity index (χ3n) is 2.95. The van der Waals surface area contributed by atoms with E-state index in [1.54, 1.807) is 0 Å². The molecule has 8 heteroatoms. The number of nitrogens with zero attached hydrogens (tertiary/aromatic N) is 1. The zero-order valence-electron chi connectivity index (χ0n) is 10.5. The number of aliphatic carboxylic acids is 1. The van der Waals surface area contributed by atoms with Gasteiger partial charge in [-0.1, -0.05) is 0 Å². The van der Waals surface area contributed by atoms with Gasteiger partial charge in [-0.15, -0.1) is 0 Å². The van der Waals surface area contributed by atoms with E-state index >= 15 is 0 Å². The summed E-state index contributed by atoms with van der Waals surface area (Å²) in [5.74, 6) is -1.51. The second kappa shape index (κ2) is 6.93. The Kier molecular flexibility index (Phi) is 5.56. The van der Waals surface area contributed by atoms with Crippen molar-refractivity contribution < 1.29 is 24.6 Å². The molecular weight excluding hydrogens is 254 g/mol. The van der Waals surface area contributed by atoms with Crippen molar-refractivity contribution in [2.24, 2.45) is 5.73 Å². The first-order valence-corrected chi connectivity index (χ1v) is 6.15. The van der Waals surface area contributed by atoms with Crippen molar-refractivity contribution in [1.82, 2.24) is 10.2 Å². The van der Waals surface area contributed by atoms with Gasteiger partial charge in [-0.25, -0.2) is 9.59 Å². The molecule has 1 saturated heterocycles. The van der Waals surface area contributed by atoms with Crippen molar-refractivity contribution in [3.05, 3.63) is 0 Å². The van der Waals surface area contributed by atoms with Crippen LogP contribution in [0.25, 0.3) is 0 Å². The highest BCUT2D eigenvalue weighted by Gasteiger charge is 2.38. The molecule has 1 aliphatic rings. The van der Waals surface area contributed by atoms with Crippen LogP contribution in [0.4, 0.5) is 4.79 Å². The number of carboxylic acids is 1. The molecule has 1 rings (SSSR count). The van der Waals surface area contributed by atoms with Crippen LogP contribution in [0.5, 0.6) is 0 Å². The van der Waals surface area contributed by atoms with Crippen molar-refractivity contribution >= 4 is 17.9 Å². The van der Waals surface area contributed by atoms with Crippen LogP contribution in [-0.4, -0.2) is 58.3 Å². The number of hydrogen-bond acceptors (Lipinski definition) is 4. The number of amides is 3. The first-order valence-electron chi connectivity index (χ1n) is 6.15. The lowest BCUT2D eigenvalue weighted by atomic mass is 10.2. The minimum Gasteiger partial charge on any atom is -0.480 e. The van der Waals surface area contributed by atoms with E-state index in [0.29, 0.717) is 19.4 Å². The molecule has 1 heterocycles. The molecule has 0 aliphatic carbocycles. The summed E-state index contributed by atoms with van der Waals surface area (Å²) in [6.45, 7) is 0.356. The number of carbonyl (C=O) groups excluding carboxylic acids is 2.